The molecule has 0 aliphatic heterocycles. The smallest absolute Gasteiger partial charge is 0.411 e. The first kappa shape index (κ1) is 29.6. The lowest BCUT2D eigenvalue weighted by atomic mass is 10.2. The molecule has 0 fully saturated rings. The lowest BCUT2D eigenvalue weighted by Gasteiger charge is -2.06. The van der Waals surface area contributed by atoms with E-state index in [1.807, 2.05) is 48.5 Å². The summed E-state index contributed by atoms with van der Waals surface area (Å²) in [6.07, 6.45) is 9.24. The molecule has 2 rings (SSSR count). The minimum atomic E-state index is 0.0808. The minimum absolute atomic E-state index is 0.0808. The van der Waals surface area contributed by atoms with Crippen molar-refractivity contribution in [2.45, 2.75) is 63.5 Å². The van der Waals surface area contributed by atoms with Crippen molar-refractivity contribution in [3.63, 3.8) is 0 Å². The van der Waals surface area contributed by atoms with Gasteiger partial charge >= 0.3 is 20.0 Å². The fraction of sp³-hybridized carbons (Fsp3) is 0.500. The number of ether oxygens (including phenoxy) is 2. The molecule has 0 saturated heterocycles. The molecule has 0 bridgehead atoms. The van der Waals surface area contributed by atoms with Gasteiger partial charge in [0.05, 0.1) is 13.2 Å². The highest BCUT2D eigenvalue weighted by Gasteiger charge is 2.01. The van der Waals surface area contributed by atoms with E-state index in [1.165, 1.54) is 38.5 Å². The van der Waals surface area contributed by atoms with Gasteiger partial charge in [-0.1, -0.05) is 38.5 Å². The lowest BCUT2D eigenvalue weighted by Crippen LogP contribution is -2.15. The first-order chi connectivity index (χ1) is 17.2. The van der Waals surface area contributed by atoms with Gasteiger partial charge in [-0.25, -0.2) is 0 Å². The van der Waals surface area contributed by atoms with E-state index < -0.39 is 0 Å². The largest absolute Gasteiger partial charge is 0.494 e. The summed E-state index contributed by atoms with van der Waals surface area (Å²) in [5.74, 6) is 1.76. The molecule has 0 unspecified atom stereocenters. The topological polar surface area (TPSA) is 98.2 Å². The third-order valence-corrected chi connectivity index (χ3v) is 8.56. The maximum absolute atomic E-state index is 5.70. The molecule has 2 aromatic rings. The van der Waals surface area contributed by atoms with Crippen LogP contribution in [0.1, 0.15) is 51.4 Å². The number of benzene rings is 2. The highest BCUT2D eigenvalue weighted by Crippen LogP contribution is 2.15. The molecule has 188 valence electrons. The second-order valence-electron chi connectivity index (χ2n) is 7.92. The monoisotopic (exact) mass is 544 g/mol. The summed E-state index contributed by atoms with van der Waals surface area (Å²) < 4.78 is 27.9. The molecule has 8 radical (unpaired) electrons. The van der Waals surface area contributed by atoms with Crippen LogP contribution >= 0.6 is 0 Å². The van der Waals surface area contributed by atoms with E-state index in [9.17, 15) is 0 Å². The van der Waals surface area contributed by atoms with E-state index in [2.05, 4.69) is 0 Å². The summed E-state index contributed by atoms with van der Waals surface area (Å²) in [5.41, 5.74) is 12.8. The van der Waals surface area contributed by atoms with E-state index in [4.69, 9.17) is 33.3 Å². The number of unbranched alkanes of at least 4 members (excludes halogenated alkanes) is 6. The van der Waals surface area contributed by atoms with Crippen molar-refractivity contribution in [2.75, 3.05) is 24.7 Å². The van der Waals surface area contributed by atoms with E-state index in [-0.39, 0.29) is 20.0 Å². The van der Waals surface area contributed by atoms with Crippen molar-refractivity contribution in [3.05, 3.63) is 48.5 Å². The van der Waals surface area contributed by atoms with Gasteiger partial charge in [0.15, 0.2) is 0 Å². The SMILES string of the molecule is Nc1ccc(OCCCCCC[Si]O[Si]O[Si]O[Si]CCCCCCOc2ccc(N)cc2)cc1. The summed E-state index contributed by atoms with van der Waals surface area (Å²) in [6, 6.07) is 17.3. The van der Waals surface area contributed by atoms with Crippen molar-refractivity contribution in [1.29, 1.82) is 0 Å². The predicted molar refractivity (Wildman–Crippen MR) is 146 cm³/mol. The molecule has 2 aromatic carbocycles. The molecular weight excluding hydrogens is 509 g/mol. The van der Waals surface area contributed by atoms with Crippen LogP contribution in [0, 0.1) is 0 Å². The van der Waals surface area contributed by atoms with E-state index in [0.29, 0.717) is 19.5 Å². The Morgan fingerprint density at radius 3 is 1.31 bits per heavy atom. The van der Waals surface area contributed by atoms with Gasteiger partial charge in [0.2, 0.25) is 19.5 Å². The number of nitrogens with two attached hydrogens (primary N) is 2. The van der Waals surface area contributed by atoms with Crippen molar-refractivity contribution in [2.24, 2.45) is 0 Å². The van der Waals surface area contributed by atoms with Crippen LogP contribution < -0.4 is 20.9 Å². The van der Waals surface area contributed by atoms with Gasteiger partial charge in [0.25, 0.3) is 0 Å². The molecule has 11 heteroatoms. The molecule has 4 N–H and O–H groups in total. The van der Waals surface area contributed by atoms with E-state index >= 15 is 0 Å². The van der Waals surface area contributed by atoms with Crippen molar-refractivity contribution >= 4 is 50.9 Å². The number of nitrogen functional groups attached to an aromatic ring is 2. The number of hydrogen-bond acceptors (Lipinski definition) is 7. The Bertz CT molecular complexity index is 693. The van der Waals surface area contributed by atoms with Crippen molar-refractivity contribution in [3.8, 4) is 11.5 Å². The molecule has 0 heterocycles. The van der Waals surface area contributed by atoms with Gasteiger partial charge in [-0.15, -0.1) is 0 Å². The molecule has 0 atom stereocenters. The molecule has 0 amide bonds. The summed E-state index contributed by atoms with van der Waals surface area (Å²) in [7, 11) is 1.17. The lowest BCUT2D eigenvalue weighted by molar-refractivity contribution is 0.305. The molecule has 0 aliphatic carbocycles. The fourth-order valence-electron chi connectivity index (χ4n) is 3.03. The van der Waals surface area contributed by atoms with Gasteiger partial charge in [-0.3, -0.25) is 0 Å². The highest BCUT2D eigenvalue weighted by atomic mass is 28.4. The van der Waals surface area contributed by atoms with Gasteiger partial charge in [-0.2, -0.15) is 0 Å². The number of hydrogen-bond donors (Lipinski definition) is 2. The molecular formula is C24H36N2O5Si4. The second kappa shape index (κ2) is 20.6. The summed E-state index contributed by atoms with van der Waals surface area (Å²) >= 11 is 0. The third kappa shape index (κ3) is 16.6. The molecule has 0 aromatic heterocycles. The molecule has 0 aliphatic rings. The number of anilines is 2. The van der Waals surface area contributed by atoms with Crippen LogP contribution in [0.5, 0.6) is 11.5 Å². The highest BCUT2D eigenvalue weighted by molar-refractivity contribution is 6.47. The summed E-state index contributed by atoms with van der Waals surface area (Å²) in [6.45, 7) is 1.50. The normalized spacial score (nSPS) is 11.0. The van der Waals surface area contributed by atoms with Crippen molar-refractivity contribution < 1.29 is 21.8 Å². The average Bonchev–Trinajstić information content (AvgIpc) is 2.87. The molecule has 35 heavy (non-hydrogen) atoms. The van der Waals surface area contributed by atoms with E-state index in [0.717, 1.165) is 61.0 Å². The standard InChI is InChI=1S/C24H36N2O5Si4/c25-21-9-13-23(14-10-21)27-17-5-1-3-7-19-32-29-34-31-35-30-33-20-8-4-2-6-18-28-24-15-11-22(26)12-16-24/h9-16H,1-8,17-20,25-26H2. The van der Waals surface area contributed by atoms with Crippen LogP contribution in [0.15, 0.2) is 48.5 Å². The van der Waals surface area contributed by atoms with Gasteiger partial charge in [0, 0.05) is 11.4 Å². The first-order valence-electron chi connectivity index (χ1n) is 12.1. The predicted octanol–water partition coefficient (Wildman–Crippen LogP) is 4.62. The summed E-state index contributed by atoms with van der Waals surface area (Å²) in [4.78, 5) is 0. The second-order valence-corrected chi connectivity index (χ2v) is 12.3. The first-order valence-corrected chi connectivity index (χ1v) is 16.0. The Kier molecular flexibility index (Phi) is 17.4. The Morgan fingerprint density at radius 2 is 0.886 bits per heavy atom. The van der Waals surface area contributed by atoms with Gasteiger partial charge in [0.1, 0.15) is 11.5 Å². The average molecular weight is 545 g/mol. The fourth-order valence-corrected chi connectivity index (χ4v) is 6.33. The zero-order valence-corrected chi connectivity index (χ0v) is 24.3. The van der Waals surface area contributed by atoms with Gasteiger partial charge < -0.3 is 33.3 Å². The zero-order chi connectivity index (χ0) is 24.8. The van der Waals surface area contributed by atoms with Crippen LogP contribution in [0.4, 0.5) is 11.4 Å². The van der Waals surface area contributed by atoms with Crippen LogP contribution in [0.2, 0.25) is 12.1 Å². The van der Waals surface area contributed by atoms with Crippen LogP contribution in [-0.2, 0) is 12.3 Å². The zero-order valence-electron chi connectivity index (χ0n) is 20.3. The van der Waals surface area contributed by atoms with Crippen LogP contribution in [0.3, 0.4) is 0 Å². The molecule has 0 saturated carbocycles. The Morgan fingerprint density at radius 1 is 0.486 bits per heavy atom. The van der Waals surface area contributed by atoms with Crippen LogP contribution in [0.25, 0.3) is 0 Å². The molecule has 7 nitrogen and oxygen atoms in total. The Balaban J connectivity index is 1.21. The maximum atomic E-state index is 5.70. The maximum Gasteiger partial charge on any atom is 0.411 e. The number of rotatable bonds is 22. The Labute approximate surface area is 220 Å². The van der Waals surface area contributed by atoms with Crippen molar-refractivity contribution in [1.82, 2.24) is 0 Å². The minimum Gasteiger partial charge on any atom is -0.494 e. The molecule has 0 spiro atoms. The summed E-state index contributed by atoms with van der Waals surface area (Å²) in [5, 5.41) is 0. The third-order valence-electron chi connectivity index (χ3n) is 4.96. The quantitative estimate of drug-likeness (QED) is 0.127. The Hall–Kier alpha value is -1.61. The van der Waals surface area contributed by atoms with E-state index in [1.54, 1.807) is 0 Å². The van der Waals surface area contributed by atoms with Crippen LogP contribution in [-0.4, -0.2) is 52.8 Å². The van der Waals surface area contributed by atoms with Gasteiger partial charge in [-0.05, 0) is 73.5 Å².